The normalized spacial score (nSPS) is 9.92. The van der Waals surface area contributed by atoms with Gasteiger partial charge in [-0.15, -0.1) is 0 Å². The number of aromatic nitrogens is 1. The summed E-state index contributed by atoms with van der Waals surface area (Å²) in [5, 5.41) is 2.03. The number of esters is 1. The summed E-state index contributed by atoms with van der Waals surface area (Å²) in [7, 11) is 0. The molecule has 0 spiro atoms. The molecule has 6 nitrogen and oxygen atoms in total. The number of nitrogens with one attached hydrogen (secondary N) is 1. The van der Waals surface area contributed by atoms with Crippen LogP contribution in [-0.4, -0.2) is 11.1 Å². The Morgan fingerprint density at radius 2 is 2.38 bits per heavy atom. The first-order valence-electron chi connectivity index (χ1n) is 3.76. The van der Waals surface area contributed by atoms with Gasteiger partial charge in [0.05, 0.1) is 0 Å². The SMILES string of the molecule is CCC(=O)OCc1o[nH]c(=O)c1N. The van der Waals surface area contributed by atoms with Gasteiger partial charge in [-0.05, 0) is 0 Å². The molecule has 0 atom stereocenters. The number of carbonyl (C=O) groups is 1. The van der Waals surface area contributed by atoms with E-state index >= 15 is 0 Å². The zero-order chi connectivity index (χ0) is 9.84. The molecule has 0 aliphatic heterocycles. The summed E-state index contributed by atoms with van der Waals surface area (Å²) >= 11 is 0. The molecule has 0 bridgehead atoms. The van der Waals surface area contributed by atoms with Gasteiger partial charge in [-0.1, -0.05) is 6.92 Å². The molecule has 13 heavy (non-hydrogen) atoms. The third-order valence-corrected chi connectivity index (χ3v) is 1.46. The predicted molar refractivity (Wildman–Crippen MR) is 43.8 cm³/mol. The van der Waals surface area contributed by atoms with Crippen LogP contribution in [0.4, 0.5) is 5.69 Å². The lowest BCUT2D eigenvalue weighted by molar-refractivity contribution is -0.145. The highest BCUT2D eigenvalue weighted by molar-refractivity contribution is 5.68. The van der Waals surface area contributed by atoms with E-state index in [2.05, 4.69) is 4.52 Å². The maximum atomic E-state index is 10.7. The molecule has 0 saturated heterocycles. The van der Waals surface area contributed by atoms with Crippen molar-refractivity contribution in [3.63, 3.8) is 0 Å². The van der Waals surface area contributed by atoms with Crippen LogP contribution in [0.25, 0.3) is 0 Å². The van der Waals surface area contributed by atoms with E-state index in [1.807, 2.05) is 5.16 Å². The van der Waals surface area contributed by atoms with E-state index in [0.717, 1.165) is 0 Å². The molecular formula is C7H10N2O4. The van der Waals surface area contributed by atoms with E-state index in [1.54, 1.807) is 6.92 Å². The van der Waals surface area contributed by atoms with Crippen molar-refractivity contribution in [1.29, 1.82) is 0 Å². The number of anilines is 1. The van der Waals surface area contributed by atoms with Gasteiger partial charge >= 0.3 is 11.5 Å². The van der Waals surface area contributed by atoms with Crippen molar-refractivity contribution >= 4 is 11.7 Å². The fourth-order valence-electron chi connectivity index (χ4n) is 0.700. The summed E-state index contributed by atoms with van der Waals surface area (Å²) in [4.78, 5) is 21.4. The second-order valence-electron chi connectivity index (χ2n) is 2.38. The van der Waals surface area contributed by atoms with Gasteiger partial charge in [0.1, 0.15) is 5.69 Å². The minimum atomic E-state index is -0.512. The smallest absolute Gasteiger partial charge is 0.305 e. The summed E-state index contributed by atoms with van der Waals surface area (Å²) in [6.45, 7) is 1.55. The van der Waals surface area contributed by atoms with E-state index in [9.17, 15) is 9.59 Å². The van der Waals surface area contributed by atoms with Crippen LogP contribution in [0.3, 0.4) is 0 Å². The molecule has 1 rings (SSSR count). The molecule has 0 saturated carbocycles. The van der Waals surface area contributed by atoms with E-state index in [0.29, 0.717) is 0 Å². The number of nitrogen functional groups attached to an aromatic ring is 1. The molecule has 1 heterocycles. The number of hydrogen-bond acceptors (Lipinski definition) is 5. The maximum absolute atomic E-state index is 10.7. The van der Waals surface area contributed by atoms with Crippen molar-refractivity contribution in [2.75, 3.05) is 5.73 Å². The Bertz CT molecular complexity index is 352. The molecule has 0 aromatic carbocycles. The Morgan fingerprint density at radius 1 is 1.69 bits per heavy atom. The van der Waals surface area contributed by atoms with Crippen LogP contribution < -0.4 is 11.3 Å². The van der Waals surface area contributed by atoms with Gasteiger partial charge in [0, 0.05) is 6.42 Å². The van der Waals surface area contributed by atoms with Crippen molar-refractivity contribution in [3.05, 3.63) is 16.1 Å². The van der Waals surface area contributed by atoms with Gasteiger partial charge in [-0.25, -0.2) is 0 Å². The third kappa shape index (κ3) is 2.11. The Kier molecular flexibility index (Phi) is 2.73. The average Bonchev–Trinajstić information content (AvgIpc) is 2.44. The molecule has 0 radical (unpaired) electrons. The molecule has 0 amide bonds. The molecule has 3 N–H and O–H groups in total. The summed E-state index contributed by atoms with van der Waals surface area (Å²) in [5.41, 5.74) is 4.74. The van der Waals surface area contributed by atoms with Gasteiger partial charge < -0.3 is 15.0 Å². The summed E-state index contributed by atoms with van der Waals surface area (Å²) in [6.07, 6.45) is 0.272. The molecule has 0 fully saturated rings. The van der Waals surface area contributed by atoms with E-state index in [-0.39, 0.29) is 30.4 Å². The molecule has 0 unspecified atom stereocenters. The number of ether oxygens (including phenoxy) is 1. The van der Waals surface area contributed by atoms with E-state index < -0.39 is 5.56 Å². The predicted octanol–water partition coefficient (Wildman–Crippen LogP) is 0.00330. The number of carbonyl (C=O) groups excluding carboxylic acids is 1. The highest BCUT2D eigenvalue weighted by Gasteiger charge is 2.10. The molecule has 1 aromatic heterocycles. The standard InChI is InChI=1S/C7H10N2O4/c1-2-5(10)12-3-4-6(8)7(11)9-13-4/h2-3,8H2,1H3,(H,9,11). The number of hydrogen-bond donors (Lipinski definition) is 2. The van der Waals surface area contributed by atoms with E-state index in [1.165, 1.54) is 0 Å². The first-order chi connectivity index (χ1) is 6.15. The summed E-state index contributed by atoms with van der Waals surface area (Å²) in [6, 6.07) is 0. The fraction of sp³-hybridized carbons (Fsp3) is 0.429. The van der Waals surface area contributed by atoms with Gasteiger partial charge in [-0.3, -0.25) is 9.59 Å². The molecular weight excluding hydrogens is 176 g/mol. The van der Waals surface area contributed by atoms with Gasteiger partial charge in [0.15, 0.2) is 12.4 Å². The highest BCUT2D eigenvalue weighted by Crippen LogP contribution is 2.06. The molecule has 72 valence electrons. The molecule has 0 aliphatic carbocycles. The van der Waals surface area contributed by atoms with Crippen LogP contribution in [0.2, 0.25) is 0 Å². The Morgan fingerprint density at radius 3 is 2.85 bits per heavy atom. The van der Waals surface area contributed by atoms with Gasteiger partial charge in [0.25, 0.3) is 0 Å². The first-order valence-corrected chi connectivity index (χ1v) is 3.76. The lowest BCUT2D eigenvalue weighted by Crippen LogP contribution is -2.07. The second kappa shape index (κ2) is 3.79. The van der Waals surface area contributed by atoms with Crippen LogP contribution in [-0.2, 0) is 16.1 Å². The van der Waals surface area contributed by atoms with Crippen LogP contribution in [0.5, 0.6) is 0 Å². The lowest BCUT2D eigenvalue weighted by Gasteiger charge is -1.98. The molecule has 0 aliphatic rings. The Balaban J connectivity index is 2.60. The molecule has 1 aromatic rings. The van der Waals surface area contributed by atoms with Crippen molar-refractivity contribution in [1.82, 2.24) is 5.16 Å². The first kappa shape index (κ1) is 9.37. The Hall–Kier alpha value is -1.72. The van der Waals surface area contributed by atoms with Crippen molar-refractivity contribution < 1.29 is 14.1 Å². The summed E-state index contributed by atoms with van der Waals surface area (Å²) in [5.74, 6) is -0.227. The molecule has 6 heteroatoms. The van der Waals surface area contributed by atoms with Crippen LogP contribution in [0, 0.1) is 0 Å². The van der Waals surface area contributed by atoms with Crippen molar-refractivity contribution in [2.24, 2.45) is 0 Å². The number of rotatable bonds is 3. The van der Waals surface area contributed by atoms with Gasteiger partial charge in [-0.2, -0.15) is 5.16 Å². The third-order valence-electron chi connectivity index (χ3n) is 1.46. The van der Waals surface area contributed by atoms with E-state index in [4.69, 9.17) is 10.5 Å². The van der Waals surface area contributed by atoms with Crippen LogP contribution >= 0.6 is 0 Å². The summed E-state index contributed by atoms with van der Waals surface area (Å²) < 4.78 is 9.35. The monoisotopic (exact) mass is 186 g/mol. The number of nitrogens with two attached hydrogens (primary N) is 1. The minimum Gasteiger partial charge on any atom is -0.457 e. The highest BCUT2D eigenvalue weighted by atomic mass is 16.5. The van der Waals surface area contributed by atoms with Gasteiger partial charge in [0.2, 0.25) is 0 Å². The minimum absolute atomic E-state index is 0.0519. The van der Waals surface area contributed by atoms with Crippen molar-refractivity contribution in [3.8, 4) is 0 Å². The zero-order valence-electron chi connectivity index (χ0n) is 7.12. The number of H-pyrrole nitrogens is 1. The van der Waals surface area contributed by atoms with Crippen molar-refractivity contribution in [2.45, 2.75) is 20.0 Å². The second-order valence-corrected chi connectivity index (χ2v) is 2.38. The quantitative estimate of drug-likeness (QED) is 0.647. The van der Waals surface area contributed by atoms with Crippen LogP contribution in [0.15, 0.2) is 9.32 Å². The lowest BCUT2D eigenvalue weighted by atomic mass is 10.4. The Labute approximate surface area is 73.6 Å². The zero-order valence-corrected chi connectivity index (χ0v) is 7.12. The topological polar surface area (TPSA) is 98.3 Å². The van der Waals surface area contributed by atoms with Crippen LogP contribution in [0.1, 0.15) is 19.1 Å². The average molecular weight is 186 g/mol. The largest absolute Gasteiger partial charge is 0.457 e. The maximum Gasteiger partial charge on any atom is 0.305 e. The fourth-order valence-corrected chi connectivity index (χ4v) is 0.700. The number of aromatic amines is 1.